The molecule has 0 spiro atoms. The number of aryl methyl sites for hydroxylation is 1. The number of nitrogens with zero attached hydrogens (tertiary/aromatic N) is 1. The van der Waals surface area contributed by atoms with E-state index in [9.17, 15) is 0 Å². The summed E-state index contributed by atoms with van der Waals surface area (Å²) in [5.41, 5.74) is 3.38. The number of benzene rings is 1. The van der Waals surface area contributed by atoms with Gasteiger partial charge in [-0.15, -0.1) is 0 Å². The van der Waals surface area contributed by atoms with Crippen molar-refractivity contribution in [1.82, 2.24) is 4.98 Å². The summed E-state index contributed by atoms with van der Waals surface area (Å²) >= 11 is 3.51. The molecule has 0 unspecified atom stereocenters. The number of aromatic nitrogens is 1. The van der Waals surface area contributed by atoms with Crippen LogP contribution in [0.15, 0.2) is 41.0 Å². The van der Waals surface area contributed by atoms with Gasteiger partial charge in [-0.2, -0.15) is 0 Å². The highest BCUT2D eigenvalue weighted by atomic mass is 79.9. The van der Waals surface area contributed by atoms with E-state index in [1.165, 1.54) is 11.1 Å². The van der Waals surface area contributed by atoms with Crippen molar-refractivity contribution in [2.24, 2.45) is 0 Å². The first-order valence-corrected chi connectivity index (χ1v) is 7.06. The summed E-state index contributed by atoms with van der Waals surface area (Å²) in [5.74, 6) is 0.652. The van der Waals surface area contributed by atoms with Crippen molar-refractivity contribution in [3.63, 3.8) is 0 Å². The third-order valence-electron chi connectivity index (χ3n) is 2.76. The summed E-state index contributed by atoms with van der Waals surface area (Å²) in [5, 5.41) is 3.36. The highest BCUT2D eigenvalue weighted by Crippen LogP contribution is 2.22. The topological polar surface area (TPSA) is 34.1 Å². The molecular weight excluding hydrogens is 304 g/mol. The first-order valence-electron chi connectivity index (χ1n) is 6.27. The Balaban J connectivity index is 2.07. The van der Waals surface area contributed by atoms with E-state index >= 15 is 0 Å². The molecule has 0 aliphatic rings. The molecule has 0 bridgehead atoms. The minimum atomic E-state index is 0.614. The van der Waals surface area contributed by atoms with Crippen molar-refractivity contribution in [3.05, 3.63) is 52.1 Å². The number of ether oxygens (including phenoxy) is 1. The Bertz CT molecular complexity index is 558. The molecule has 0 amide bonds. The van der Waals surface area contributed by atoms with Gasteiger partial charge in [0.15, 0.2) is 0 Å². The van der Waals surface area contributed by atoms with Crippen LogP contribution >= 0.6 is 15.9 Å². The predicted octanol–water partition coefficient (Wildman–Crippen LogP) is 4.16. The van der Waals surface area contributed by atoms with Gasteiger partial charge in [0.2, 0.25) is 5.88 Å². The van der Waals surface area contributed by atoms with E-state index in [1.807, 2.05) is 19.1 Å². The SMILES string of the molecule is CCOc1ncccc1NCc1ccc(Br)c(C)c1. The Morgan fingerprint density at radius 2 is 2.16 bits per heavy atom. The van der Waals surface area contributed by atoms with Gasteiger partial charge in [0, 0.05) is 17.2 Å². The molecule has 0 radical (unpaired) electrons. The molecule has 1 N–H and O–H groups in total. The molecule has 2 aromatic rings. The van der Waals surface area contributed by atoms with Gasteiger partial charge in [0.25, 0.3) is 0 Å². The molecule has 100 valence electrons. The molecule has 0 saturated carbocycles. The first kappa shape index (κ1) is 13.9. The van der Waals surface area contributed by atoms with E-state index in [-0.39, 0.29) is 0 Å². The Morgan fingerprint density at radius 1 is 1.32 bits per heavy atom. The fourth-order valence-corrected chi connectivity index (χ4v) is 2.04. The highest BCUT2D eigenvalue weighted by Gasteiger charge is 2.04. The van der Waals surface area contributed by atoms with Gasteiger partial charge in [-0.05, 0) is 43.2 Å². The fraction of sp³-hybridized carbons (Fsp3) is 0.267. The molecule has 0 aliphatic carbocycles. The van der Waals surface area contributed by atoms with E-state index in [2.05, 4.69) is 51.4 Å². The average molecular weight is 321 g/mol. The van der Waals surface area contributed by atoms with Crippen LogP contribution in [-0.4, -0.2) is 11.6 Å². The van der Waals surface area contributed by atoms with E-state index < -0.39 is 0 Å². The van der Waals surface area contributed by atoms with Crippen LogP contribution in [0.1, 0.15) is 18.1 Å². The number of anilines is 1. The second kappa shape index (κ2) is 6.57. The number of hydrogen-bond acceptors (Lipinski definition) is 3. The molecule has 3 nitrogen and oxygen atoms in total. The molecule has 19 heavy (non-hydrogen) atoms. The fourth-order valence-electron chi connectivity index (χ4n) is 1.79. The smallest absolute Gasteiger partial charge is 0.237 e. The van der Waals surface area contributed by atoms with Crippen molar-refractivity contribution >= 4 is 21.6 Å². The largest absolute Gasteiger partial charge is 0.476 e. The number of rotatable bonds is 5. The van der Waals surface area contributed by atoms with Gasteiger partial charge in [0.1, 0.15) is 0 Å². The number of hydrogen-bond donors (Lipinski definition) is 1. The third kappa shape index (κ3) is 3.70. The van der Waals surface area contributed by atoms with Crippen molar-refractivity contribution in [3.8, 4) is 5.88 Å². The monoisotopic (exact) mass is 320 g/mol. The molecule has 0 atom stereocenters. The van der Waals surface area contributed by atoms with Gasteiger partial charge < -0.3 is 10.1 Å². The number of nitrogens with one attached hydrogen (secondary N) is 1. The van der Waals surface area contributed by atoms with Crippen molar-refractivity contribution in [1.29, 1.82) is 0 Å². The molecule has 0 fully saturated rings. The lowest BCUT2D eigenvalue weighted by Crippen LogP contribution is -2.04. The van der Waals surface area contributed by atoms with Crippen LogP contribution in [-0.2, 0) is 6.54 Å². The summed E-state index contributed by atoms with van der Waals surface area (Å²) < 4.78 is 6.62. The predicted molar refractivity (Wildman–Crippen MR) is 81.6 cm³/mol. The number of pyridine rings is 1. The lowest BCUT2D eigenvalue weighted by Gasteiger charge is -2.11. The Labute approximate surface area is 122 Å². The van der Waals surface area contributed by atoms with Crippen LogP contribution < -0.4 is 10.1 Å². The standard InChI is InChI=1S/C15H17BrN2O/c1-3-19-15-14(5-4-8-17-15)18-10-12-6-7-13(16)11(2)9-12/h4-9,18H,3,10H2,1-2H3. The van der Waals surface area contributed by atoms with E-state index in [1.54, 1.807) is 6.20 Å². The van der Waals surface area contributed by atoms with Crippen LogP contribution in [0.3, 0.4) is 0 Å². The molecule has 1 aromatic heterocycles. The molecule has 0 aliphatic heterocycles. The summed E-state index contributed by atoms with van der Waals surface area (Å²) in [6, 6.07) is 10.2. The molecule has 0 saturated heterocycles. The lowest BCUT2D eigenvalue weighted by molar-refractivity contribution is 0.328. The van der Waals surface area contributed by atoms with Crippen LogP contribution in [0.4, 0.5) is 5.69 Å². The second-order valence-electron chi connectivity index (χ2n) is 4.23. The third-order valence-corrected chi connectivity index (χ3v) is 3.65. The Morgan fingerprint density at radius 3 is 2.89 bits per heavy atom. The lowest BCUT2D eigenvalue weighted by atomic mass is 10.1. The quantitative estimate of drug-likeness (QED) is 0.898. The average Bonchev–Trinajstić information content (AvgIpc) is 2.42. The normalized spacial score (nSPS) is 10.3. The molecule has 4 heteroatoms. The summed E-state index contributed by atoms with van der Waals surface area (Å²) in [4.78, 5) is 4.22. The maximum Gasteiger partial charge on any atom is 0.237 e. The second-order valence-corrected chi connectivity index (χ2v) is 5.08. The molecule has 2 rings (SSSR count). The van der Waals surface area contributed by atoms with Crippen LogP contribution in [0, 0.1) is 6.92 Å². The maximum absolute atomic E-state index is 5.49. The van der Waals surface area contributed by atoms with Gasteiger partial charge in [-0.1, -0.05) is 28.1 Å². The summed E-state index contributed by atoms with van der Waals surface area (Å²) in [6.45, 7) is 5.41. The van der Waals surface area contributed by atoms with Crippen molar-refractivity contribution in [2.75, 3.05) is 11.9 Å². The zero-order valence-electron chi connectivity index (χ0n) is 11.1. The molecular formula is C15H17BrN2O. The van der Waals surface area contributed by atoms with Crippen molar-refractivity contribution in [2.45, 2.75) is 20.4 Å². The van der Waals surface area contributed by atoms with E-state index in [4.69, 9.17) is 4.74 Å². The van der Waals surface area contributed by atoms with E-state index in [0.717, 1.165) is 16.7 Å². The minimum Gasteiger partial charge on any atom is -0.476 e. The van der Waals surface area contributed by atoms with Crippen LogP contribution in [0.25, 0.3) is 0 Å². The van der Waals surface area contributed by atoms with Gasteiger partial charge >= 0.3 is 0 Å². The van der Waals surface area contributed by atoms with Gasteiger partial charge in [-0.25, -0.2) is 4.98 Å². The minimum absolute atomic E-state index is 0.614. The van der Waals surface area contributed by atoms with Gasteiger partial charge in [0.05, 0.1) is 12.3 Å². The first-order chi connectivity index (χ1) is 9.20. The van der Waals surface area contributed by atoms with Crippen LogP contribution in [0.2, 0.25) is 0 Å². The van der Waals surface area contributed by atoms with E-state index in [0.29, 0.717) is 12.5 Å². The maximum atomic E-state index is 5.49. The van der Waals surface area contributed by atoms with Crippen molar-refractivity contribution < 1.29 is 4.74 Å². The Kier molecular flexibility index (Phi) is 4.80. The highest BCUT2D eigenvalue weighted by molar-refractivity contribution is 9.10. The van der Waals surface area contributed by atoms with Crippen LogP contribution in [0.5, 0.6) is 5.88 Å². The summed E-state index contributed by atoms with van der Waals surface area (Å²) in [6.07, 6.45) is 1.74. The summed E-state index contributed by atoms with van der Waals surface area (Å²) in [7, 11) is 0. The molecule has 1 heterocycles. The molecule has 1 aromatic carbocycles. The zero-order chi connectivity index (χ0) is 13.7. The zero-order valence-corrected chi connectivity index (χ0v) is 12.7. The Hall–Kier alpha value is -1.55. The van der Waals surface area contributed by atoms with Gasteiger partial charge in [-0.3, -0.25) is 0 Å². The number of halogens is 1.